The predicted octanol–water partition coefficient (Wildman–Crippen LogP) is 15.7. The molecule has 0 unspecified atom stereocenters. The Morgan fingerprint density at radius 3 is 0.870 bits per heavy atom. The van der Waals surface area contributed by atoms with Crippen molar-refractivity contribution < 1.29 is 9.13 Å². The average Bonchev–Trinajstić information content (AvgIpc) is 3.20. The molecule has 0 fully saturated rings. The minimum absolute atomic E-state index is 1.12. The van der Waals surface area contributed by atoms with Gasteiger partial charge in [-0.15, -0.1) is 0 Å². The fourth-order valence-corrected chi connectivity index (χ4v) is 7.70. The second-order valence-corrected chi connectivity index (χ2v) is 16.7. The van der Waals surface area contributed by atoms with E-state index in [1.807, 2.05) is 0 Å². The highest BCUT2D eigenvalue weighted by Gasteiger charge is 2.05. The van der Waals surface area contributed by atoms with E-state index in [1.54, 1.807) is 0 Å². The van der Waals surface area contributed by atoms with E-state index in [4.69, 9.17) is 0 Å². The topological polar surface area (TPSA) is 7.76 Å². The molecule has 0 aliphatic rings. The van der Waals surface area contributed by atoms with Gasteiger partial charge in [0, 0.05) is 37.1 Å². The van der Waals surface area contributed by atoms with Crippen LogP contribution in [-0.2, 0) is 25.9 Å². The number of allylic oxidation sites excluding steroid dienone is 4. The number of aromatic nitrogens is 2. The van der Waals surface area contributed by atoms with E-state index >= 15 is 0 Å². The van der Waals surface area contributed by atoms with Crippen LogP contribution in [0.1, 0.15) is 230 Å². The van der Waals surface area contributed by atoms with Crippen molar-refractivity contribution >= 4 is 0 Å². The SMILES string of the molecule is CCCCCCCCC=CCCCCCCCCCc1cc[n+](CCCC[n+]2ccc(CCCCCCCCCC=CCCCCCCCC)cc2)cc1. The number of nitrogens with zero attached hydrogens (tertiary/aromatic N) is 2. The first kappa shape index (κ1) is 47.9. The molecule has 0 bridgehead atoms. The van der Waals surface area contributed by atoms with E-state index in [9.17, 15) is 0 Å². The summed E-state index contributed by atoms with van der Waals surface area (Å²) in [6.07, 6.45) is 65.4. The number of hydrogen-bond donors (Lipinski definition) is 0. The highest BCUT2D eigenvalue weighted by atomic mass is 14.9. The highest BCUT2D eigenvalue weighted by Crippen LogP contribution is 2.14. The fourth-order valence-electron chi connectivity index (χ4n) is 7.70. The van der Waals surface area contributed by atoms with E-state index in [0.29, 0.717) is 0 Å². The van der Waals surface area contributed by atoms with Gasteiger partial charge in [-0.3, -0.25) is 0 Å². The summed E-state index contributed by atoms with van der Waals surface area (Å²) in [5, 5.41) is 0. The van der Waals surface area contributed by atoms with Crippen LogP contribution in [0.3, 0.4) is 0 Å². The lowest BCUT2D eigenvalue weighted by Gasteiger charge is -2.03. The van der Waals surface area contributed by atoms with Gasteiger partial charge in [-0.1, -0.05) is 167 Å². The lowest BCUT2D eigenvalue weighted by atomic mass is 10.0. The maximum absolute atomic E-state index is 2.44. The van der Waals surface area contributed by atoms with Crippen LogP contribution < -0.4 is 9.13 Å². The van der Waals surface area contributed by atoms with Gasteiger partial charge in [0.1, 0.15) is 13.1 Å². The largest absolute Gasteiger partial charge is 0.205 e. The molecule has 0 radical (unpaired) electrons. The maximum atomic E-state index is 2.44. The summed E-state index contributed by atoms with van der Waals surface area (Å²) >= 11 is 0. The first-order chi connectivity index (χ1) is 26.8. The zero-order chi connectivity index (χ0) is 38.3. The molecule has 2 heteroatoms. The van der Waals surface area contributed by atoms with Crippen LogP contribution in [0.5, 0.6) is 0 Å². The van der Waals surface area contributed by atoms with Gasteiger partial charge in [-0.05, 0) is 88.2 Å². The molecule has 0 saturated carbocycles. The van der Waals surface area contributed by atoms with Crippen LogP contribution in [0.2, 0.25) is 0 Å². The van der Waals surface area contributed by atoms with Crippen LogP contribution in [0.25, 0.3) is 0 Å². The quantitative estimate of drug-likeness (QED) is 0.0366. The van der Waals surface area contributed by atoms with Crippen molar-refractivity contribution in [3.8, 4) is 0 Å². The average molecular weight is 743 g/mol. The van der Waals surface area contributed by atoms with Gasteiger partial charge in [-0.2, -0.15) is 0 Å². The molecule has 0 spiro atoms. The number of aryl methyl sites for hydroxylation is 4. The fraction of sp³-hybridized carbons (Fsp3) is 0.731. The van der Waals surface area contributed by atoms with Gasteiger partial charge in [0.05, 0.1) is 0 Å². The predicted molar refractivity (Wildman–Crippen MR) is 238 cm³/mol. The molecule has 2 aromatic heterocycles. The Labute approximate surface area is 337 Å². The zero-order valence-electron chi connectivity index (χ0n) is 36.3. The molecule has 306 valence electrons. The smallest absolute Gasteiger partial charge is 0.169 e. The van der Waals surface area contributed by atoms with Crippen LogP contribution in [0, 0.1) is 0 Å². The summed E-state index contributed by atoms with van der Waals surface area (Å²) in [4.78, 5) is 0. The first-order valence-corrected chi connectivity index (χ1v) is 24.1. The van der Waals surface area contributed by atoms with Crippen LogP contribution >= 0.6 is 0 Å². The van der Waals surface area contributed by atoms with Crippen molar-refractivity contribution in [2.75, 3.05) is 0 Å². The van der Waals surface area contributed by atoms with E-state index in [2.05, 4.69) is 96.3 Å². The second kappa shape index (κ2) is 37.7. The molecule has 2 rings (SSSR count). The third kappa shape index (κ3) is 30.1. The lowest BCUT2D eigenvalue weighted by Crippen LogP contribution is -2.35. The number of unbranched alkanes of at least 4 members (excludes halogenated alkanes) is 27. The van der Waals surface area contributed by atoms with Crippen LogP contribution in [-0.4, -0.2) is 0 Å². The summed E-state index contributed by atoms with van der Waals surface area (Å²) in [7, 11) is 0. The summed E-state index contributed by atoms with van der Waals surface area (Å²) in [6, 6.07) is 9.41. The Hall–Kier alpha value is -2.22. The Kier molecular flexibility index (Phi) is 33.5. The zero-order valence-corrected chi connectivity index (χ0v) is 36.3. The normalized spacial score (nSPS) is 11.8. The summed E-state index contributed by atoms with van der Waals surface area (Å²) in [5.41, 5.74) is 3.00. The van der Waals surface area contributed by atoms with Crippen molar-refractivity contribution in [3.63, 3.8) is 0 Å². The highest BCUT2D eigenvalue weighted by molar-refractivity contribution is 5.07. The number of pyridine rings is 2. The standard InChI is InChI=1S/C52H90N2/c1-3-5-7-9-11-13-15-17-19-21-23-25-27-29-31-33-35-39-51-41-47-53(48-42-51)45-37-38-46-54-49-43-52(44-50-54)40-36-34-32-30-28-26-24-22-20-18-16-14-12-10-8-6-4-2/h17-20,41-44,47-50H,3-16,21-40,45-46H2,1-2H3/q+2. The summed E-state index contributed by atoms with van der Waals surface area (Å²) < 4.78 is 4.74. The second-order valence-electron chi connectivity index (χ2n) is 16.7. The van der Waals surface area contributed by atoms with E-state index in [-0.39, 0.29) is 0 Å². The molecule has 0 atom stereocenters. The van der Waals surface area contributed by atoms with Gasteiger partial charge in [0.15, 0.2) is 24.8 Å². The molecule has 2 heterocycles. The van der Waals surface area contributed by atoms with Crippen molar-refractivity contribution in [1.29, 1.82) is 0 Å². The van der Waals surface area contributed by atoms with Crippen molar-refractivity contribution in [1.82, 2.24) is 0 Å². The Morgan fingerprint density at radius 1 is 0.315 bits per heavy atom. The maximum Gasteiger partial charge on any atom is 0.169 e. The third-order valence-electron chi connectivity index (χ3n) is 11.5. The molecule has 2 aromatic rings. The Morgan fingerprint density at radius 2 is 0.574 bits per heavy atom. The summed E-state index contributed by atoms with van der Waals surface area (Å²) in [6.45, 7) is 6.82. The van der Waals surface area contributed by atoms with E-state index in [1.165, 1.54) is 229 Å². The monoisotopic (exact) mass is 743 g/mol. The van der Waals surface area contributed by atoms with Crippen LogP contribution in [0.4, 0.5) is 0 Å². The van der Waals surface area contributed by atoms with Crippen molar-refractivity contribution in [2.24, 2.45) is 0 Å². The molecule has 54 heavy (non-hydrogen) atoms. The molecule has 0 aromatic carbocycles. The molecule has 0 N–H and O–H groups in total. The number of rotatable bonds is 39. The molecular formula is C52H90N2+2. The molecule has 0 amide bonds. The molecule has 0 saturated heterocycles. The minimum Gasteiger partial charge on any atom is -0.205 e. The third-order valence-corrected chi connectivity index (χ3v) is 11.5. The first-order valence-electron chi connectivity index (χ1n) is 24.1. The van der Waals surface area contributed by atoms with E-state index < -0.39 is 0 Å². The minimum atomic E-state index is 1.12. The van der Waals surface area contributed by atoms with Gasteiger partial charge in [0.25, 0.3) is 0 Å². The van der Waals surface area contributed by atoms with E-state index in [0.717, 1.165) is 13.1 Å². The molecule has 0 aliphatic carbocycles. The van der Waals surface area contributed by atoms with Crippen molar-refractivity contribution in [2.45, 2.75) is 245 Å². The Balaban J connectivity index is 1.36. The molecular weight excluding hydrogens is 653 g/mol. The van der Waals surface area contributed by atoms with Gasteiger partial charge in [-0.25, -0.2) is 9.13 Å². The molecule has 2 nitrogen and oxygen atoms in total. The van der Waals surface area contributed by atoms with Gasteiger partial charge < -0.3 is 0 Å². The lowest BCUT2D eigenvalue weighted by molar-refractivity contribution is -0.708. The van der Waals surface area contributed by atoms with Gasteiger partial charge in [0.2, 0.25) is 0 Å². The van der Waals surface area contributed by atoms with Crippen LogP contribution in [0.15, 0.2) is 73.4 Å². The Bertz CT molecular complexity index is 1010. The molecule has 0 aliphatic heterocycles. The van der Waals surface area contributed by atoms with Crippen molar-refractivity contribution in [3.05, 3.63) is 84.5 Å². The van der Waals surface area contributed by atoms with Gasteiger partial charge >= 0.3 is 0 Å². The summed E-state index contributed by atoms with van der Waals surface area (Å²) in [5.74, 6) is 0. The number of hydrogen-bond acceptors (Lipinski definition) is 0.